The molecule has 42 heavy (non-hydrogen) atoms. The number of hydrogen-bond acceptors (Lipinski definition) is 15. The minimum Gasteiger partial charge on any atom is -0.382 e. The fraction of sp³-hybridized carbons (Fsp3) is 0.476. The molecule has 2 saturated heterocycles. The van der Waals surface area contributed by atoms with Crippen LogP contribution in [0.25, 0.3) is 22.3 Å². The average Bonchev–Trinajstić information content (AvgIpc) is 3.65. The summed E-state index contributed by atoms with van der Waals surface area (Å²) < 4.78 is 46.2. The molecule has 2 aliphatic rings. The van der Waals surface area contributed by atoms with E-state index in [9.17, 15) is 9.69 Å². The number of nitrogens with two attached hydrogens (primary N) is 2. The fourth-order valence-electron chi connectivity index (χ4n) is 4.84. The molecule has 0 aliphatic carbocycles. The highest BCUT2D eigenvalue weighted by Gasteiger charge is 2.50. The fourth-order valence-corrected chi connectivity index (χ4v) is 6.02. The van der Waals surface area contributed by atoms with E-state index in [-0.39, 0.29) is 29.5 Å². The zero-order chi connectivity index (χ0) is 29.6. The molecular weight excluding hydrogens is 600 g/mol. The van der Waals surface area contributed by atoms with Crippen LogP contribution in [0.2, 0.25) is 0 Å². The molecule has 2 fully saturated rings. The summed E-state index contributed by atoms with van der Waals surface area (Å²) in [5.74, 6) is 2.15. The molecule has 0 spiro atoms. The van der Waals surface area contributed by atoms with Gasteiger partial charge in [-0.2, -0.15) is 9.67 Å². The molecule has 0 bridgehead atoms. The van der Waals surface area contributed by atoms with Crippen molar-refractivity contribution < 1.29 is 32.5 Å². The second-order valence-electron chi connectivity index (χ2n) is 9.35. The monoisotopic (exact) mass is 623 g/mol. The van der Waals surface area contributed by atoms with Crippen LogP contribution < -0.4 is 17.0 Å². The summed E-state index contributed by atoms with van der Waals surface area (Å²) in [6.07, 6.45) is 4.56. The maximum absolute atomic E-state index is 15.6. The van der Waals surface area contributed by atoms with Gasteiger partial charge in [-0.25, -0.2) is 19.3 Å². The lowest BCUT2D eigenvalue weighted by molar-refractivity contribution is -0.183. The first-order chi connectivity index (χ1) is 20.1. The first-order valence-electron chi connectivity index (χ1n) is 12.3. The molecule has 1 unspecified atom stereocenters. The smallest absolute Gasteiger partial charge is 0.327 e. The van der Waals surface area contributed by atoms with Crippen LogP contribution in [0.15, 0.2) is 17.4 Å². The molecule has 0 saturated carbocycles. The number of nitrogens with zero attached hydrogens (tertiary/aromatic N) is 8. The Hall–Kier alpha value is -3.67. The number of terminal acetylenes is 1. The lowest BCUT2D eigenvalue weighted by atomic mass is 9.86. The topological polar surface area (TPSA) is 238 Å². The summed E-state index contributed by atoms with van der Waals surface area (Å²) in [5, 5.41) is 7.45. The summed E-state index contributed by atoms with van der Waals surface area (Å²) in [7, 11) is 0. The van der Waals surface area contributed by atoms with E-state index in [1.165, 1.54) is 12.7 Å². The van der Waals surface area contributed by atoms with E-state index in [1.54, 1.807) is 4.57 Å². The van der Waals surface area contributed by atoms with E-state index >= 15 is 4.39 Å². The van der Waals surface area contributed by atoms with Gasteiger partial charge in [0, 0.05) is 12.5 Å². The predicted molar refractivity (Wildman–Crippen MR) is 144 cm³/mol. The number of nitrogen functional groups attached to an aromatic ring is 2. The number of anilines is 2. The lowest BCUT2D eigenvalue weighted by Crippen LogP contribution is -2.39. The standard InChI is InChI=1S/C21H23FN11O7PS/c1-2-21-6-38-41(35,42)40-14(22)19(33-17-13(30-31-33)18(34)29-20(24)28-17)37-9-36-4-3-10(21)5-11(39-21)32-8-27-12-15(23)25-7-26-16(12)32/h1,7-8,10-11,14,19H,3-6,9H2,(H,35,42)(H2,23,25,26)(H3,24,28,29,34)/t10-,11+,14-,19+,21+,41?/m0/s1. The Kier molecular flexibility index (Phi) is 7.36. The molecule has 2 aliphatic heterocycles. The van der Waals surface area contributed by atoms with Crippen LogP contribution >= 0.6 is 6.72 Å². The molecule has 4 aromatic rings. The number of imidazole rings is 1. The summed E-state index contributed by atoms with van der Waals surface area (Å²) in [5.41, 5.74) is 9.78. The van der Waals surface area contributed by atoms with Gasteiger partial charge in [-0.1, -0.05) is 11.1 Å². The van der Waals surface area contributed by atoms with Gasteiger partial charge in [0.05, 0.1) is 12.9 Å². The Morgan fingerprint density at radius 2 is 2.12 bits per heavy atom. The number of H-pyrrole nitrogens is 1. The number of ether oxygens (including phenoxy) is 3. The van der Waals surface area contributed by atoms with Crippen LogP contribution in [0.3, 0.4) is 0 Å². The molecule has 6 rings (SSSR count). The third kappa shape index (κ3) is 5.10. The Morgan fingerprint density at radius 1 is 1.29 bits per heavy atom. The van der Waals surface area contributed by atoms with E-state index in [2.05, 4.69) is 41.2 Å². The second-order valence-corrected chi connectivity index (χ2v) is 12.1. The van der Waals surface area contributed by atoms with Crippen LogP contribution in [0.1, 0.15) is 25.3 Å². The van der Waals surface area contributed by atoms with Gasteiger partial charge in [0.2, 0.25) is 12.2 Å². The quantitative estimate of drug-likeness (QED) is 0.168. The van der Waals surface area contributed by atoms with E-state index in [4.69, 9.17) is 53.0 Å². The van der Waals surface area contributed by atoms with Crippen molar-refractivity contribution in [3.63, 3.8) is 0 Å². The molecule has 0 aromatic carbocycles. The number of aromatic nitrogens is 9. The third-order valence-electron chi connectivity index (χ3n) is 6.86. The SMILES string of the molecule is C#C[C@@]12COP(O)(=S)O[C@H](F)[C@H](n3nnc4c(=O)[nH]c(N)nc43)OCOCC[C@H]1C[C@H](n1cnc3c(N)ncnc31)O2. The molecule has 21 heteroatoms. The van der Waals surface area contributed by atoms with Crippen molar-refractivity contribution in [3.8, 4) is 12.3 Å². The van der Waals surface area contributed by atoms with Crippen LogP contribution in [-0.2, 0) is 35.1 Å². The van der Waals surface area contributed by atoms with Crippen LogP contribution in [-0.4, -0.2) is 81.3 Å². The van der Waals surface area contributed by atoms with Crippen LogP contribution in [0.4, 0.5) is 16.2 Å². The Labute approximate surface area is 239 Å². The Balaban J connectivity index is 1.27. The number of alkyl halides is 1. The molecule has 222 valence electrons. The van der Waals surface area contributed by atoms with Gasteiger partial charge in [0.25, 0.3) is 11.9 Å². The molecular formula is C21H23FN11O7PS. The molecule has 4 aromatic heterocycles. The summed E-state index contributed by atoms with van der Waals surface area (Å²) in [4.78, 5) is 41.6. The minimum absolute atomic E-state index is 0.102. The van der Waals surface area contributed by atoms with Gasteiger partial charge in [0.1, 0.15) is 24.9 Å². The third-order valence-corrected chi connectivity index (χ3v) is 8.36. The van der Waals surface area contributed by atoms with Gasteiger partial charge in [-0.3, -0.25) is 18.9 Å². The number of rotatable bonds is 2. The molecule has 6 atom stereocenters. The van der Waals surface area contributed by atoms with E-state index in [1.807, 2.05) is 0 Å². The Bertz CT molecular complexity index is 1800. The first kappa shape index (κ1) is 28.4. The highest BCUT2D eigenvalue weighted by Crippen LogP contribution is 2.51. The Morgan fingerprint density at radius 3 is 2.93 bits per heavy atom. The largest absolute Gasteiger partial charge is 0.382 e. The van der Waals surface area contributed by atoms with Crippen molar-refractivity contribution in [3.05, 3.63) is 23.0 Å². The van der Waals surface area contributed by atoms with Gasteiger partial charge in [-0.15, -0.1) is 11.5 Å². The maximum Gasteiger partial charge on any atom is 0.327 e. The maximum atomic E-state index is 15.6. The summed E-state index contributed by atoms with van der Waals surface area (Å²) in [6, 6.07) is 0. The first-order valence-corrected chi connectivity index (χ1v) is 14.9. The second kappa shape index (κ2) is 10.9. The van der Waals surface area contributed by atoms with Crippen molar-refractivity contribution in [2.24, 2.45) is 5.92 Å². The average molecular weight is 624 g/mol. The van der Waals surface area contributed by atoms with E-state index in [0.29, 0.717) is 24.0 Å². The lowest BCUT2D eigenvalue weighted by Gasteiger charge is -2.31. The zero-order valence-corrected chi connectivity index (χ0v) is 23.2. The zero-order valence-electron chi connectivity index (χ0n) is 21.4. The van der Waals surface area contributed by atoms with E-state index < -0.39 is 56.0 Å². The van der Waals surface area contributed by atoms with Gasteiger partial charge < -0.3 is 35.1 Å². The number of hydrogen-bond donors (Lipinski definition) is 4. The van der Waals surface area contributed by atoms with E-state index in [0.717, 1.165) is 4.68 Å². The highest BCUT2D eigenvalue weighted by molar-refractivity contribution is 8.07. The molecule has 18 nitrogen and oxygen atoms in total. The number of fused-ring (bicyclic) bond motifs is 3. The predicted octanol–water partition coefficient (Wildman–Crippen LogP) is -0.135. The number of nitrogens with one attached hydrogen (secondary N) is 1. The van der Waals surface area contributed by atoms with Crippen LogP contribution in [0.5, 0.6) is 0 Å². The summed E-state index contributed by atoms with van der Waals surface area (Å²) >= 11 is 5.09. The molecule has 0 radical (unpaired) electrons. The molecule has 0 amide bonds. The summed E-state index contributed by atoms with van der Waals surface area (Å²) in [6.45, 7) is -5.14. The van der Waals surface area contributed by atoms with Crippen LogP contribution in [0, 0.1) is 18.3 Å². The van der Waals surface area contributed by atoms with Crippen molar-refractivity contribution in [2.45, 2.75) is 37.3 Å². The van der Waals surface area contributed by atoms with Crippen molar-refractivity contribution in [1.29, 1.82) is 0 Å². The van der Waals surface area contributed by atoms with Gasteiger partial charge in [0.15, 0.2) is 28.2 Å². The normalized spacial score (nSPS) is 31.2. The van der Waals surface area contributed by atoms with Gasteiger partial charge in [-0.05, 0) is 24.6 Å². The van der Waals surface area contributed by atoms with Gasteiger partial charge >= 0.3 is 6.72 Å². The number of halogens is 1. The van der Waals surface area contributed by atoms with Crippen molar-refractivity contribution in [2.75, 3.05) is 31.5 Å². The highest BCUT2D eigenvalue weighted by atomic mass is 32.5. The van der Waals surface area contributed by atoms with Crippen molar-refractivity contribution in [1.82, 2.24) is 44.5 Å². The van der Waals surface area contributed by atoms with Crippen molar-refractivity contribution >= 4 is 52.6 Å². The minimum atomic E-state index is -4.33. The molecule has 6 heterocycles. The number of aromatic amines is 1. The molecule has 6 N–H and O–H groups in total.